The molecule has 0 amide bonds. The molecule has 0 unspecified atom stereocenters. The minimum atomic E-state index is 0.300. The summed E-state index contributed by atoms with van der Waals surface area (Å²) in [4.78, 5) is 13.5. The third kappa shape index (κ3) is 2.89. The van der Waals surface area contributed by atoms with Crippen LogP contribution in [0.2, 0.25) is 0 Å². The number of pyridine rings is 1. The molecule has 4 aromatic rings. The Bertz CT molecular complexity index is 1180. The van der Waals surface area contributed by atoms with Crippen LogP contribution in [0.5, 0.6) is 0 Å². The van der Waals surface area contributed by atoms with Gasteiger partial charge in [-0.3, -0.25) is 4.98 Å². The molecular weight excluding hydrogens is 390 g/mol. The van der Waals surface area contributed by atoms with Crippen molar-refractivity contribution in [2.45, 2.75) is 0 Å². The molecule has 0 atom stereocenters. The fourth-order valence-corrected chi connectivity index (χ4v) is 3.06. The highest BCUT2D eigenvalue weighted by Gasteiger charge is 2.15. The summed E-state index contributed by atoms with van der Waals surface area (Å²) in [5.41, 5.74) is 10.4. The van der Waals surface area contributed by atoms with E-state index in [2.05, 4.69) is 37.0 Å². The molecule has 0 bridgehead atoms. The Morgan fingerprint density at radius 3 is 2.58 bits per heavy atom. The molecule has 6 heteroatoms. The summed E-state index contributed by atoms with van der Waals surface area (Å²) in [6, 6.07) is 19.2. The Kier molecular flexibility index (Phi) is 4.07. The number of benzene rings is 2. The maximum absolute atomic E-state index is 9.19. The summed E-state index contributed by atoms with van der Waals surface area (Å²) in [6.07, 6.45) is 1.76. The van der Waals surface area contributed by atoms with Gasteiger partial charge in [-0.1, -0.05) is 24.3 Å². The number of nitriles is 1. The first-order chi connectivity index (χ1) is 12.7. The Balaban J connectivity index is 1.97. The van der Waals surface area contributed by atoms with Gasteiger partial charge in [0.1, 0.15) is 4.60 Å². The lowest BCUT2D eigenvalue weighted by atomic mass is 10.0. The first-order valence-corrected chi connectivity index (χ1v) is 8.64. The number of hydrogen-bond donors (Lipinski definition) is 1. The lowest BCUT2D eigenvalue weighted by molar-refractivity contribution is 1.18. The molecule has 2 aromatic carbocycles. The Hall–Kier alpha value is -3.30. The van der Waals surface area contributed by atoms with Crippen molar-refractivity contribution < 1.29 is 0 Å². The van der Waals surface area contributed by atoms with Crippen molar-refractivity contribution in [3.05, 3.63) is 71.0 Å². The number of anilines is 1. The van der Waals surface area contributed by atoms with Gasteiger partial charge in [0.05, 0.1) is 28.5 Å². The van der Waals surface area contributed by atoms with E-state index >= 15 is 0 Å². The van der Waals surface area contributed by atoms with Crippen LogP contribution in [0.1, 0.15) is 5.56 Å². The van der Waals surface area contributed by atoms with Gasteiger partial charge < -0.3 is 5.73 Å². The maximum Gasteiger partial charge on any atom is 0.157 e. The summed E-state index contributed by atoms with van der Waals surface area (Å²) in [7, 11) is 0. The van der Waals surface area contributed by atoms with E-state index in [1.165, 1.54) is 0 Å². The molecule has 26 heavy (non-hydrogen) atoms. The van der Waals surface area contributed by atoms with E-state index in [4.69, 9.17) is 5.73 Å². The van der Waals surface area contributed by atoms with Crippen LogP contribution in [0, 0.1) is 11.3 Å². The van der Waals surface area contributed by atoms with Crippen molar-refractivity contribution in [2.24, 2.45) is 0 Å². The standard InChI is InChI=1S/C20H12BrN5/c21-19-20(23)26-18(14-4-1-3-12(9-14)11-22)17(25-19)15-6-7-16-13(10-15)5-2-8-24-16/h1-10H,(H2,23,26). The molecule has 0 saturated carbocycles. The quantitative estimate of drug-likeness (QED) is 0.531. The van der Waals surface area contributed by atoms with Crippen molar-refractivity contribution in [3.8, 4) is 28.6 Å². The third-order valence-corrected chi connectivity index (χ3v) is 4.60. The molecule has 0 radical (unpaired) electrons. The zero-order valence-corrected chi connectivity index (χ0v) is 15.1. The second-order valence-electron chi connectivity index (χ2n) is 5.70. The van der Waals surface area contributed by atoms with Crippen LogP contribution in [-0.2, 0) is 0 Å². The zero-order valence-electron chi connectivity index (χ0n) is 13.5. The van der Waals surface area contributed by atoms with E-state index in [-0.39, 0.29) is 0 Å². The molecule has 0 spiro atoms. The van der Waals surface area contributed by atoms with Crippen LogP contribution in [-0.4, -0.2) is 15.0 Å². The predicted molar refractivity (Wildman–Crippen MR) is 105 cm³/mol. The fourth-order valence-electron chi connectivity index (χ4n) is 2.79. The van der Waals surface area contributed by atoms with Gasteiger partial charge >= 0.3 is 0 Å². The van der Waals surface area contributed by atoms with Crippen LogP contribution in [0.3, 0.4) is 0 Å². The molecule has 5 nitrogen and oxygen atoms in total. The van der Waals surface area contributed by atoms with Crippen molar-refractivity contribution in [2.75, 3.05) is 5.73 Å². The second kappa shape index (κ2) is 6.54. The van der Waals surface area contributed by atoms with Crippen molar-refractivity contribution >= 4 is 32.7 Å². The molecule has 0 saturated heterocycles. The van der Waals surface area contributed by atoms with Crippen LogP contribution in [0.4, 0.5) is 5.82 Å². The van der Waals surface area contributed by atoms with E-state index in [1.54, 1.807) is 18.3 Å². The first-order valence-electron chi connectivity index (χ1n) is 7.84. The highest BCUT2D eigenvalue weighted by Crippen LogP contribution is 2.33. The average molecular weight is 402 g/mol. The number of nitrogens with two attached hydrogens (primary N) is 1. The lowest BCUT2D eigenvalue weighted by Crippen LogP contribution is -2.00. The van der Waals surface area contributed by atoms with Gasteiger partial charge in [0.25, 0.3) is 0 Å². The molecular formula is C20H12BrN5. The SMILES string of the molecule is N#Cc1cccc(-c2nc(N)c(Br)nc2-c2ccc3ncccc3c2)c1. The number of rotatable bonds is 2. The minimum Gasteiger partial charge on any atom is -0.381 e. The monoisotopic (exact) mass is 401 g/mol. The number of fused-ring (bicyclic) bond motifs is 1. The van der Waals surface area contributed by atoms with Crippen molar-refractivity contribution in [1.29, 1.82) is 5.26 Å². The Labute approximate surface area is 158 Å². The summed E-state index contributed by atoms with van der Waals surface area (Å²) in [6.45, 7) is 0. The highest BCUT2D eigenvalue weighted by atomic mass is 79.9. The highest BCUT2D eigenvalue weighted by molar-refractivity contribution is 9.10. The predicted octanol–water partition coefficient (Wildman–Crippen LogP) is 4.58. The third-order valence-electron chi connectivity index (χ3n) is 4.02. The van der Waals surface area contributed by atoms with Gasteiger partial charge in [0.15, 0.2) is 5.82 Å². The van der Waals surface area contributed by atoms with Gasteiger partial charge in [0.2, 0.25) is 0 Å². The normalized spacial score (nSPS) is 10.6. The smallest absolute Gasteiger partial charge is 0.157 e. The molecule has 0 fully saturated rings. The molecule has 0 aliphatic rings. The lowest BCUT2D eigenvalue weighted by Gasteiger charge is -2.11. The number of nitrogen functional groups attached to an aromatic ring is 1. The Morgan fingerprint density at radius 2 is 1.73 bits per heavy atom. The van der Waals surface area contributed by atoms with Gasteiger partial charge in [-0.2, -0.15) is 5.26 Å². The van der Waals surface area contributed by atoms with E-state index in [0.717, 1.165) is 22.0 Å². The van der Waals surface area contributed by atoms with Gasteiger partial charge in [0, 0.05) is 22.7 Å². The summed E-state index contributed by atoms with van der Waals surface area (Å²) >= 11 is 3.36. The molecule has 0 aliphatic heterocycles. The molecule has 0 aliphatic carbocycles. The van der Waals surface area contributed by atoms with Crippen LogP contribution in [0.15, 0.2) is 65.4 Å². The van der Waals surface area contributed by atoms with E-state index in [9.17, 15) is 5.26 Å². The van der Waals surface area contributed by atoms with Crippen LogP contribution >= 0.6 is 15.9 Å². The topological polar surface area (TPSA) is 88.5 Å². The summed E-state index contributed by atoms with van der Waals surface area (Å²) < 4.78 is 0.485. The molecule has 4 rings (SSSR count). The largest absolute Gasteiger partial charge is 0.381 e. The van der Waals surface area contributed by atoms with Crippen molar-refractivity contribution in [3.63, 3.8) is 0 Å². The van der Waals surface area contributed by atoms with E-state index < -0.39 is 0 Å². The fraction of sp³-hybridized carbons (Fsp3) is 0. The first kappa shape index (κ1) is 16.2. The van der Waals surface area contributed by atoms with E-state index in [0.29, 0.717) is 27.4 Å². The second-order valence-corrected chi connectivity index (χ2v) is 6.45. The molecule has 2 aromatic heterocycles. The Morgan fingerprint density at radius 1 is 0.923 bits per heavy atom. The van der Waals surface area contributed by atoms with Crippen molar-refractivity contribution in [1.82, 2.24) is 15.0 Å². The van der Waals surface area contributed by atoms with E-state index in [1.807, 2.05) is 42.5 Å². The number of hydrogen-bond acceptors (Lipinski definition) is 5. The number of halogens is 1. The van der Waals surface area contributed by atoms with Crippen LogP contribution in [0.25, 0.3) is 33.4 Å². The van der Waals surface area contributed by atoms with Gasteiger partial charge in [-0.05, 0) is 46.3 Å². The maximum atomic E-state index is 9.19. The number of aromatic nitrogens is 3. The minimum absolute atomic E-state index is 0.300. The average Bonchev–Trinajstić information content (AvgIpc) is 2.69. The van der Waals surface area contributed by atoms with Gasteiger partial charge in [-0.15, -0.1) is 0 Å². The number of nitrogens with zero attached hydrogens (tertiary/aromatic N) is 4. The summed E-state index contributed by atoms with van der Waals surface area (Å²) in [5, 5.41) is 10.2. The molecule has 2 N–H and O–H groups in total. The molecule has 124 valence electrons. The van der Waals surface area contributed by atoms with Gasteiger partial charge in [-0.25, -0.2) is 9.97 Å². The molecule has 2 heterocycles. The van der Waals surface area contributed by atoms with Crippen LogP contribution < -0.4 is 5.73 Å². The summed E-state index contributed by atoms with van der Waals surface area (Å²) in [5.74, 6) is 0.300. The zero-order chi connectivity index (χ0) is 18.1.